The molecule has 0 radical (unpaired) electrons. The first-order valence-electron chi connectivity index (χ1n) is 5.90. The monoisotopic (exact) mass is 262 g/mol. The number of ether oxygens (including phenoxy) is 1. The van der Waals surface area contributed by atoms with E-state index in [0.717, 1.165) is 5.56 Å². The largest absolute Gasteiger partial charge is 0.461 e. The van der Waals surface area contributed by atoms with Crippen molar-refractivity contribution in [2.45, 2.75) is 20.8 Å². The van der Waals surface area contributed by atoms with Gasteiger partial charge in [-0.25, -0.2) is 4.79 Å². The van der Waals surface area contributed by atoms with Crippen molar-refractivity contribution in [3.63, 3.8) is 0 Å². The number of nitrogens with zero attached hydrogens (tertiary/aromatic N) is 1. The highest BCUT2D eigenvalue weighted by molar-refractivity contribution is 6.01. The van der Waals surface area contributed by atoms with Crippen LogP contribution in [0.3, 0.4) is 0 Å². The summed E-state index contributed by atoms with van der Waals surface area (Å²) in [6, 6.07) is 3.30. The molecule has 100 valence electrons. The van der Waals surface area contributed by atoms with E-state index in [1.165, 1.54) is 6.07 Å². The molecule has 0 atom stereocenters. The van der Waals surface area contributed by atoms with Crippen molar-refractivity contribution in [2.24, 2.45) is 0 Å². The molecule has 0 aliphatic rings. The predicted molar refractivity (Wildman–Crippen MR) is 70.4 cm³/mol. The van der Waals surface area contributed by atoms with Crippen molar-refractivity contribution in [2.75, 3.05) is 6.61 Å². The number of fused-ring (bicyclic) bond motifs is 1. The van der Waals surface area contributed by atoms with Gasteiger partial charge in [0, 0.05) is 11.5 Å². The maximum Gasteiger partial charge on any atom is 0.355 e. The van der Waals surface area contributed by atoms with Crippen LogP contribution >= 0.6 is 0 Å². The average Bonchev–Trinajstić information content (AvgIpc) is 2.66. The third kappa shape index (κ3) is 2.16. The zero-order chi connectivity index (χ0) is 14.2. The smallest absolute Gasteiger partial charge is 0.355 e. The van der Waals surface area contributed by atoms with Gasteiger partial charge >= 0.3 is 5.97 Å². The minimum atomic E-state index is -0.497. The lowest BCUT2D eigenvalue weighted by atomic mass is 10.1. The zero-order valence-electron chi connectivity index (χ0n) is 10.9. The molecule has 1 N–H and O–H groups in total. The third-order valence-corrected chi connectivity index (χ3v) is 2.97. The number of nitro benzene ring substituents is 1. The number of esters is 1. The van der Waals surface area contributed by atoms with Gasteiger partial charge in [-0.2, -0.15) is 0 Å². The molecular weight excluding hydrogens is 248 g/mol. The van der Waals surface area contributed by atoms with E-state index in [9.17, 15) is 14.9 Å². The van der Waals surface area contributed by atoms with E-state index >= 15 is 0 Å². The maximum absolute atomic E-state index is 11.8. The number of aromatic amines is 1. The number of nitrogens with one attached hydrogen (secondary N) is 1. The van der Waals surface area contributed by atoms with Crippen molar-refractivity contribution in [1.82, 2.24) is 4.98 Å². The second-order valence-corrected chi connectivity index (χ2v) is 4.31. The van der Waals surface area contributed by atoms with Gasteiger partial charge in [0.25, 0.3) is 5.69 Å². The summed E-state index contributed by atoms with van der Waals surface area (Å²) in [6.07, 6.45) is 0. The number of carbonyl (C=O) groups is 1. The van der Waals surface area contributed by atoms with Crippen molar-refractivity contribution >= 4 is 22.6 Å². The van der Waals surface area contributed by atoms with Gasteiger partial charge in [-0.1, -0.05) is 0 Å². The van der Waals surface area contributed by atoms with Gasteiger partial charge in [0.05, 0.1) is 11.5 Å². The lowest BCUT2D eigenvalue weighted by Crippen LogP contribution is -2.06. The van der Waals surface area contributed by atoms with Gasteiger partial charge in [0.2, 0.25) is 0 Å². The van der Waals surface area contributed by atoms with Gasteiger partial charge in [0.1, 0.15) is 11.2 Å². The van der Waals surface area contributed by atoms with Crippen LogP contribution in [0.2, 0.25) is 0 Å². The fourth-order valence-electron chi connectivity index (χ4n) is 2.10. The molecule has 2 aromatic rings. The average molecular weight is 262 g/mol. The summed E-state index contributed by atoms with van der Waals surface area (Å²) in [6.45, 7) is 5.49. The SMILES string of the molecule is CCOC(=O)c1[nH]c2c([N+](=O)[O-])cc(C)cc2c1C. The van der Waals surface area contributed by atoms with Crippen LogP contribution in [0.4, 0.5) is 5.69 Å². The molecule has 0 fully saturated rings. The molecule has 0 unspecified atom stereocenters. The van der Waals surface area contributed by atoms with Crippen molar-refractivity contribution in [1.29, 1.82) is 0 Å². The highest BCUT2D eigenvalue weighted by Crippen LogP contribution is 2.31. The molecule has 0 saturated carbocycles. The molecule has 6 heteroatoms. The number of aromatic nitrogens is 1. The van der Waals surface area contributed by atoms with E-state index in [1.54, 1.807) is 20.8 Å². The first kappa shape index (κ1) is 13.1. The lowest BCUT2D eigenvalue weighted by Gasteiger charge is -1.99. The molecule has 0 saturated heterocycles. The number of benzene rings is 1. The zero-order valence-corrected chi connectivity index (χ0v) is 10.9. The number of non-ortho nitro benzene ring substituents is 1. The number of carbonyl (C=O) groups excluding carboxylic acids is 1. The molecule has 0 aliphatic carbocycles. The fourth-order valence-corrected chi connectivity index (χ4v) is 2.10. The molecule has 0 aliphatic heterocycles. The van der Waals surface area contributed by atoms with Crippen molar-refractivity contribution in [3.05, 3.63) is 39.1 Å². The Morgan fingerprint density at radius 3 is 2.68 bits per heavy atom. The summed E-state index contributed by atoms with van der Waals surface area (Å²) in [5.74, 6) is -0.497. The summed E-state index contributed by atoms with van der Waals surface area (Å²) >= 11 is 0. The second kappa shape index (κ2) is 4.72. The minimum absolute atomic E-state index is 0.0337. The van der Waals surface area contributed by atoms with Crippen LogP contribution in [-0.4, -0.2) is 22.5 Å². The summed E-state index contributed by atoms with van der Waals surface area (Å²) in [5.41, 5.74) is 2.03. The van der Waals surface area contributed by atoms with Crippen LogP contribution in [0.25, 0.3) is 10.9 Å². The Bertz CT molecular complexity index is 673. The Kier molecular flexibility index (Phi) is 3.25. The van der Waals surface area contributed by atoms with Gasteiger partial charge in [-0.05, 0) is 38.0 Å². The Morgan fingerprint density at radius 2 is 2.11 bits per heavy atom. The number of hydrogen-bond acceptors (Lipinski definition) is 4. The molecular formula is C13H14N2O4. The molecule has 2 rings (SSSR count). The Balaban J connectivity index is 2.72. The number of hydrogen-bond donors (Lipinski definition) is 1. The molecule has 1 heterocycles. The van der Waals surface area contributed by atoms with Gasteiger partial charge < -0.3 is 9.72 Å². The van der Waals surface area contributed by atoms with Gasteiger partial charge in [0.15, 0.2) is 0 Å². The van der Waals surface area contributed by atoms with Crippen molar-refractivity contribution < 1.29 is 14.5 Å². The summed E-state index contributed by atoms with van der Waals surface area (Å²) in [4.78, 5) is 25.2. The van der Waals surface area contributed by atoms with Crippen LogP contribution in [-0.2, 0) is 4.74 Å². The number of H-pyrrole nitrogens is 1. The normalized spacial score (nSPS) is 10.7. The third-order valence-electron chi connectivity index (χ3n) is 2.97. The van der Waals surface area contributed by atoms with Crippen LogP contribution < -0.4 is 0 Å². The predicted octanol–water partition coefficient (Wildman–Crippen LogP) is 2.87. The maximum atomic E-state index is 11.8. The van der Waals surface area contributed by atoms with Crippen molar-refractivity contribution in [3.8, 4) is 0 Å². The molecule has 0 spiro atoms. The van der Waals surface area contributed by atoms with Gasteiger partial charge in [-0.15, -0.1) is 0 Å². The topological polar surface area (TPSA) is 85.2 Å². The molecule has 6 nitrogen and oxygen atoms in total. The van der Waals surface area contributed by atoms with E-state index < -0.39 is 10.9 Å². The Morgan fingerprint density at radius 1 is 1.42 bits per heavy atom. The number of aryl methyl sites for hydroxylation is 2. The summed E-state index contributed by atoms with van der Waals surface area (Å²) in [7, 11) is 0. The minimum Gasteiger partial charge on any atom is -0.461 e. The van der Waals surface area contributed by atoms with E-state index in [4.69, 9.17) is 4.74 Å². The van der Waals surface area contributed by atoms with Gasteiger partial charge in [-0.3, -0.25) is 10.1 Å². The molecule has 0 bridgehead atoms. The first-order valence-corrected chi connectivity index (χ1v) is 5.90. The number of nitro groups is 1. The quantitative estimate of drug-likeness (QED) is 0.523. The first-order chi connectivity index (χ1) is 8.95. The van der Waals surface area contributed by atoms with Crippen LogP contribution in [0.15, 0.2) is 12.1 Å². The fraction of sp³-hybridized carbons (Fsp3) is 0.308. The van der Waals surface area contributed by atoms with E-state index in [0.29, 0.717) is 16.5 Å². The standard InChI is InChI=1S/C13H14N2O4/c1-4-19-13(16)11-8(3)9-5-7(2)6-10(15(17)18)12(9)14-11/h5-6,14H,4H2,1-3H3. The van der Waals surface area contributed by atoms with E-state index in [2.05, 4.69) is 4.98 Å². The Labute approximate surface area is 109 Å². The lowest BCUT2D eigenvalue weighted by molar-refractivity contribution is -0.383. The summed E-state index contributed by atoms with van der Waals surface area (Å²) in [5, 5.41) is 11.7. The molecule has 1 aromatic carbocycles. The van der Waals surface area contributed by atoms with E-state index in [-0.39, 0.29) is 18.0 Å². The highest BCUT2D eigenvalue weighted by Gasteiger charge is 2.22. The van der Waals surface area contributed by atoms with Crippen LogP contribution in [0, 0.1) is 24.0 Å². The molecule has 0 amide bonds. The van der Waals surface area contributed by atoms with Crippen LogP contribution in [0.1, 0.15) is 28.5 Å². The molecule has 1 aromatic heterocycles. The highest BCUT2D eigenvalue weighted by atomic mass is 16.6. The Hall–Kier alpha value is -2.37. The van der Waals surface area contributed by atoms with E-state index in [1.807, 2.05) is 6.07 Å². The molecule has 19 heavy (non-hydrogen) atoms. The van der Waals surface area contributed by atoms with Crippen LogP contribution in [0.5, 0.6) is 0 Å². The summed E-state index contributed by atoms with van der Waals surface area (Å²) < 4.78 is 4.93. The number of rotatable bonds is 3. The second-order valence-electron chi connectivity index (χ2n) is 4.31.